The lowest BCUT2D eigenvalue weighted by molar-refractivity contribution is 0.166. The largest absolute Gasteiger partial charge is 0.465 e. The Labute approximate surface area is 57.1 Å². The molecule has 1 aliphatic heterocycles. The maximum Gasteiger partial charge on any atom is 0.411 e. The van der Waals surface area contributed by atoms with Crippen LogP contribution in [0.25, 0.3) is 0 Å². The van der Waals surface area contributed by atoms with Crippen LogP contribution in [0.3, 0.4) is 0 Å². The van der Waals surface area contributed by atoms with E-state index in [1.807, 2.05) is 0 Å². The summed E-state index contributed by atoms with van der Waals surface area (Å²) < 4.78 is 12.2. The molecule has 10 heavy (non-hydrogen) atoms. The number of nitrogens with zero attached hydrogens (tertiary/aromatic N) is 1. The van der Waals surface area contributed by atoms with E-state index in [-0.39, 0.29) is 6.54 Å². The van der Waals surface area contributed by atoms with Crippen molar-refractivity contribution in [1.82, 2.24) is 4.90 Å². The Kier molecular flexibility index (Phi) is 1.71. The smallest absolute Gasteiger partial charge is 0.411 e. The fourth-order valence-electron chi connectivity index (χ4n) is 0.617. The van der Waals surface area contributed by atoms with Crippen molar-refractivity contribution in [2.75, 3.05) is 6.54 Å². The number of allylic oxidation sites excluding steroid dienone is 2. The fraction of sp³-hybridized carbons (Fsp3) is 0.167. The molecule has 0 aromatic heterocycles. The highest BCUT2D eigenvalue weighted by Gasteiger charge is 2.09. The van der Waals surface area contributed by atoms with E-state index in [9.17, 15) is 9.18 Å². The average Bonchev–Trinajstić information content (AvgIpc) is 1.88. The van der Waals surface area contributed by atoms with Crippen LogP contribution in [0, 0.1) is 0 Å². The minimum absolute atomic E-state index is 0.0949. The Bertz CT molecular complexity index is 210. The molecule has 0 radical (unpaired) electrons. The second-order valence-corrected chi connectivity index (χ2v) is 1.84. The summed E-state index contributed by atoms with van der Waals surface area (Å²) in [6, 6.07) is 0. The topological polar surface area (TPSA) is 40.5 Å². The summed E-state index contributed by atoms with van der Waals surface area (Å²) in [6.07, 6.45) is 2.43. The van der Waals surface area contributed by atoms with Gasteiger partial charge in [-0.3, -0.25) is 4.90 Å². The first-order valence-electron chi connectivity index (χ1n) is 2.73. The van der Waals surface area contributed by atoms with Crippen LogP contribution in [0.4, 0.5) is 9.18 Å². The molecule has 0 unspecified atom stereocenters. The molecule has 0 bridgehead atoms. The van der Waals surface area contributed by atoms with Gasteiger partial charge in [0, 0.05) is 12.7 Å². The van der Waals surface area contributed by atoms with Gasteiger partial charge in [0.2, 0.25) is 0 Å². The number of amides is 1. The first-order valence-corrected chi connectivity index (χ1v) is 2.73. The van der Waals surface area contributed by atoms with Gasteiger partial charge in [-0.2, -0.15) is 0 Å². The zero-order valence-electron chi connectivity index (χ0n) is 5.12. The van der Waals surface area contributed by atoms with E-state index in [2.05, 4.69) is 0 Å². The summed E-state index contributed by atoms with van der Waals surface area (Å²) >= 11 is 0. The van der Waals surface area contributed by atoms with E-state index in [1.54, 1.807) is 0 Å². The maximum atomic E-state index is 12.2. The van der Waals surface area contributed by atoms with E-state index >= 15 is 0 Å². The molecular formula is C6H6FNO2. The number of halogens is 1. The number of carbonyl (C=O) groups is 1. The van der Waals surface area contributed by atoms with Crippen molar-refractivity contribution in [2.24, 2.45) is 0 Å². The molecule has 0 aliphatic carbocycles. The van der Waals surface area contributed by atoms with Crippen molar-refractivity contribution in [1.29, 1.82) is 0 Å². The molecule has 1 rings (SSSR count). The summed E-state index contributed by atoms with van der Waals surface area (Å²) in [6.45, 7) is 0.0949. The van der Waals surface area contributed by atoms with Gasteiger partial charge in [0.1, 0.15) is 5.83 Å². The second-order valence-electron chi connectivity index (χ2n) is 1.84. The predicted molar refractivity (Wildman–Crippen MR) is 33.1 cm³/mol. The molecule has 4 heteroatoms. The third-order valence-electron chi connectivity index (χ3n) is 1.14. The second kappa shape index (κ2) is 2.51. The van der Waals surface area contributed by atoms with Crippen LogP contribution in [0.5, 0.6) is 0 Å². The summed E-state index contributed by atoms with van der Waals surface area (Å²) in [4.78, 5) is 11.2. The van der Waals surface area contributed by atoms with Gasteiger partial charge in [0.15, 0.2) is 0 Å². The molecule has 54 valence electrons. The van der Waals surface area contributed by atoms with Crippen molar-refractivity contribution in [3.05, 3.63) is 24.2 Å². The van der Waals surface area contributed by atoms with Crippen LogP contribution in [0.15, 0.2) is 24.2 Å². The summed E-state index contributed by atoms with van der Waals surface area (Å²) in [5.74, 6) is -0.391. The molecule has 0 atom stereocenters. The van der Waals surface area contributed by atoms with Gasteiger partial charge < -0.3 is 5.11 Å². The van der Waals surface area contributed by atoms with E-state index < -0.39 is 11.9 Å². The third kappa shape index (κ3) is 1.34. The Balaban J connectivity index is 2.60. The lowest BCUT2D eigenvalue weighted by atomic mass is 10.3. The number of hydrogen-bond donors (Lipinski definition) is 1. The summed E-state index contributed by atoms with van der Waals surface area (Å²) in [5, 5.41) is 8.35. The van der Waals surface area contributed by atoms with E-state index in [0.717, 1.165) is 11.0 Å². The number of carboxylic acid groups (broad SMARTS) is 1. The molecule has 0 saturated carbocycles. The van der Waals surface area contributed by atoms with E-state index in [0.29, 0.717) is 0 Å². The molecule has 0 spiro atoms. The number of hydrogen-bond acceptors (Lipinski definition) is 1. The minimum atomic E-state index is -1.07. The molecule has 1 aliphatic rings. The van der Waals surface area contributed by atoms with Gasteiger partial charge >= 0.3 is 6.09 Å². The van der Waals surface area contributed by atoms with Crippen LogP contribution in [-0.4, -0.2) is 22.6 Å². The lowest BCUT2D eigenvalue weighted by Crippen LogP contribution is -2.25. The van der Waals surface area contributed by atoms with Crippen molar-refractivity contribution >= 4 is 6.09 Å². The fourth-order valence-corrected chi connectivity index (χ4v) is 0.617. The van der Waals surface area contributed by atoms with Crippen molar-refractivity contribution in [2.45, 2.75) is 0 Å². The molecule has 0 aromatic carbocycles. The molecule has 1 heterocycles. The Morgan fingerprint density at radius 2 is 2.50 bits per heavy atom. The first kappa shape index (κ1) is 6.80. The van der Waals surface area contributed by atoms with E-state index in [4.69, 9.17) is 5.11 Å². The maximum absolute atomic E-state index is 12.2. The van der Waals surface area contributed by atoms with Gasteiger partial charge in [0.25, 0.3) is 0 Å². The Morgan fingerprint density at radius 1 is 1.80 bits per heavy atom. The zero-order valence-corrected chi connectivity index (χ0v) is 5.12. The normalized spacial score (nSPS) is 16.9. The van der Waals surface area contributed by atoms with Gasteiger partial charge in [0.05, 0.1) is 0 Å². The van der Waals surface area contributed by atoms with Crippen LogP contribution < -0.4 is 0 Å². The van der Waals surface area contributed by atoms with Crippen molar-refractivity contribution in [3.8, 4) is 0 Å². The van der Waals surface area contributed by atoms with Crippen LogP contribution in [0.1, 0.15) is 0 Å². The quantitative estimate of drug-likeness (QED) is 0.556. The van der Waals surface area contributed by atoms with Crippen LogP contribution >= 0.6 is 0 Å². The molecule has 0 fully saturated rings. The third-order valence-corrected chi connectivity index (χ3v) is 1.14. The zero-order chi connectivity index (χ0) is 7.56. The summed E-state index contributed by atoms with van der Waals surface area (Å²) in [5.41, 5.74) is 0. The molecular weight excluding hydrogens is 137 g/mol. The molecule has 1 N–H and O–H groups in total. The van der Waals surface area contributed by atoms with E-state index in [1.165, 1.54) is 12.3 Å². The SMILES string of the molecule is O=C(O)N1C=CC(F)=CC1. The first-order chi connectivity index (χ1) is 4.70. The summed E-state index contributed by atoms with van der Waals surface area (Å²) in [7, 11) is 0. The Morgan fingerprint density at radius 3 is 2.90 bits per heavy atom. The lowest BCUT2D eigenvalue weighted by Gasteiger charge is -2.13. The van der Waals surface area contributed by atoms with Crippen molar-refractivity contribution < 1.29 is 14.3 Å². The monoisotopic (exact) mass is 143 g/mol. The van der Waals surface area contributed by atoms with Gasteiger partial charge in [-0.25, -0.2) is 9.18 Å². The van der Waals surface area contributed by atoms with Crippen LogP contribution in [0.2, 0.25) is 0 Å². The Hall–Kier alpha value is -1.32. The van der Waals surface area contributed by atoms with Gasteiger partial charge in [-0.1, -0.05) is 0 Å². The molecule has 0 saturated heterocycles. The van der Waals surface area contributed by atoms with Crippen LogP contribution in [-0.2, 0) is 0 Å². The average molecular weight is 143 g/mol. The highest BCUT2D eigenvalue weighted by atomic mass is 19.1. The van der Waals surface area contributed by atoms with Gasteiger partial charge in [-0.05, 0) is 12.2 Å². The molecule has 3 nitrogen and oxygen atoms in total. The highest BCUT2D eigenvalue weighted by Crippen LogP contribution is 2.06. The minimum Gasteiger partial charge on any atom is -0.465 e. The molecule has 0 aromatic rings. The number of rotatable bonds is 0. The van der Waals surface area contributed by atoms with Gasteiger partial charge in [-0.15, -0.1) is 0 Å². The predicted octanol–water partition coefficient (Wildman–Crippen LogP) is 1.35. The standard InChI is InChI=1S/C6H6FNO2/c7-5-1-3-8(4-2-5)6(9)10/h1-3H,4H2,(H,9,10). The highest BCUT2D eigenvalue weighted by molar-refractivity contribution is 5.67. The molecule has 1 amide bonds. The van der Waals surface area contributed by atoms with Crippen molar-refractivity contribution in [3.63, 3.8) is 0 Å².